The number of carbonyl (C=O) groups is 1. The third-order valence-corrected chi connectivity index (χ3v) is 13.9. The maximum absolute atomic E-state index is 14.8. The fourth-order valence-electron chi connectivity index (χ4n) is 10.7. The lowest BCUT2D eigenvalue weighted by Crippen LogP contribution is -2.33. The lowest BCUT2D eigenvalue weighted by atomic mass is 9.72. The molecule has 0 N–H and O–H groups in total. The van der Waals surface area contributed by atoms with Crippen molar-refractivity contribution in [2.75, 3.05) is 9.80 Å². The molecule has 3 aliphatic heterocycles. The normalized spacial score (nSPS) is 15.8. The molecule has 12 rings (SSSR count). The molecule has 0 fully saturated rings. The van der Waals surface area contributed by atoms with Crippen LogP contribution in [0.15, 0.2) is 158 Å². The number of nitrogens with zero attached hydrogens (tertiary/aromatic N) is 4. The van der Waals surface area contributed by atoms with Crippen LogP contribution in [-0.4, -0.2) is 15.8 Å². The number of aromatic nitrogens is 2. The molecule has 6 aromatic carbocycles. The SMILES string of the molecule is CC1(C)c2ccccc2N2Cc3cc4c(cc3-c3ccncc3)C(=O)c3cc(-c5ccncc5)c(cc3-4)CN3c4ccccc4C(C)(C)c4ccc(cc43)-c3ccc1c2c3. The minimum absolute atomic E-state index is 0.0572. The molecule has 5 heterocycles. The summed E-state index contributed by atoms with van der Waals surface area (Å²) in [5.41, 5.74) is 21.8. The van der Waals surface area contributed by atoms with Gasteiger partial charge in [-0.2, -0.15) is 0 Å². The highest BCUT2D eigenvalue weighted by molar-refractivity contribution is 6.23. The molecule has 0 amide bonds. The van der Waals surface area contributed by atoms with Gasteiger partial charge >= 0.3 is 0 Å². The summed E-state index contributed by atoms with van der Waals surface area (Å²) in [6.07, 6.45) is 7.37. The zero-order chi connectivity index (χ0) is 40.5. The number of anilines is 4. The molecule has 8 aromatic rings. The summed E-state index contributed by atoms with van der Waals surface area (Å²) in [6.45, 7) is 10.6. The van der Waals surface area contributed by atoms with Gasteiger partial charge in [-0.25, -0.2) is 0 Å². The molecule has 4 aliphatic rings. The molecule has 1 aliphatic carbocycles. The van der Waals surface area contributed by atoms with Crippen molar-refractivity contribution in [3.8, 4) is 44.5 Å². The maximum atomic E-state index is 14.8. The summed E-state index contributed by atoms with van der Waals surface area (Å²) in [4.78, 5) is 28.6. The Morgan fingerprint density at radius 3 is 1.23 bits per heavy atom. The van der Waals surface area contributed by atoms with Gasteiger partial charge in [0.2, 0.25) is 0 Å². The van der Waals surface area contributed by atoms with E-state index in [4.69, 9.17) is 0 Å². The molecule has 0 atom stereocenters. The van der Waals surface area contributed by atoms with Crippen molar-refractivity contribution in [1.29, 1.82) is 0 Å². The van der Waals surface area contributed by atoms with Gasteiger partial charge in [0.25, 0.3) is 0 Å². The monoisotopic (exact) mass is 774 g/mol. The first-order chi connectivity index (χ1) is 29.2. The van der Waals surface area contributed by atoms with Crippen molar-refractivity contribution in [3.05, 3.63) is 203 Å². The van der Waals surface area contributed by atoms with Gasteiger partial charge in [-0.15, -0.1) is 0 Å². The van der Waals surface area contributed by atoms with Crippen molar-refractivity contribution < 1.29 is 4.79 Å². The van der Waals surface area contributed by atoms with E-state index in [9.17, 15) is 4.79 Å². The quantitative estimate of drug-likeness (QED) is 0.175. The molecule has 0 unspecified atom stereocenters. The highest BCUT2D eigenvalue weighted by atomic mass is 16.1. The predicted octanol–water partition coefficient (Wildman–Crippen LogP) is 13.0. The first-order valence-electron chi connectivity index (χ1n) is 20.9. The van der Waals surface area contributed by atoms with Gasteiger partial charge < -0.3 is 9.80 Å². The molecule has 0 saturated heterocycles. The van der Waals surface area contributed by atoms with E-state index >= 15 is 0 Å². The molecule has 288 valence electrons. The van der Waals surface area contributed by atoms with E-state index in [2.05, 4.69) is 181 Å². The number of fused-ring (bicyclic) bond motifs is 9. The molecule has 0 saturated carbocycles. The number of rotatable bonds is 2. The number of ketones is 1. The average Bonchev–Trinajstić information content (AvgIpc) is 3.54. The van der Waals surface area contributed by atoms with Crippen LogP contribution >= 0.6 is 0 Å². The second-order valence-electron chi connectivity index (χ2n) is 17.8. The maximum Gasteiger partial charge on any atom is 0.194 e. The Morgan fingerprint density at radius 1 is 0.400 bits per heavy atom. The van der Waals surface area contributed by atoms with E-state index in [0.717, 1.165) is 55.6 Å². The lowest BCUT2D eigenvalue weighted by molar-refractivity contribution is 0.104. The van der Waals surface area contributed by atoms with Gasteiger partial charge in [-0.3, -0.25) is 14.8 Å². The van der Waals surface area contributed by atoms with Crippen molar-refractivity contribution in [2.45, 2.75) is 51.6 Å². The molecular formula is C55H42N4O. The van der Waals surface area contributed by atoms with Crippen molar-refractivity contribution in [2.24, 2.45) is 0 Å². The van der Waals surface area contributed by atoms with Gasteiger partial charge in [0.05, 0.1) is 0 Å². The Kier molecular flexibility index (Phi) is 7.24. The number of benzene rings is 6. The zero-order valence-corrected chi connectivity index (χ0v) is 34.1. The average molecular weight is 775 g/mol. The number of hydrogen-bond acceptors (Lipinski definition) is 5. The number of para-hydroxylation sites is 2. The van der Waals surface area contributed by atoms with E-state index in [0.29, 0.717) is 13.1 Å². The predicted molar refractivity (Wildman–Crippen MR) is 242 cm³/mol. The molecule has 0 radical (unpaired) electrons. The van der Waals surface area contributed by atoms with Crippen LogP contribution in [0.3, 0.4) is 0 Å². The van der Waals surface area contributed by atoms with Gasteiger partial charge in [0.1, 0.15) is 0 Å². The van der Waals surface area contributed by atoms with Crippen molar-refractivity contribution in [1.82, 2.24) is 9.97 Å². The van der Waals surface area contributed by atoms with E-state index in [-0.39, 0.29) is 16.6 Å². The van der Waals surface area contributed by atoms with E-state index in [1.807, 2.05) is 24.8 Å². The molecular weight excluding hydrogens is 733 g/mol. The summed E-state index contributed by atoms with van der Waals surface area (Å²) in [5, 5.41) is 0. The van der Waals surface area contributed by atoms with Crippen molar-refractivity contribution in [3.63, 3.8) is 0 Å². The second-order valence-corrected chi connectivity index (χ2v) is 17.8. The third-order valence-electron chi connectivity index (χ3n) is 13.9. The zero-order valence-electron chi connectivity index (χ0n) is 34.1. The molecule has 5 heteroatoms. The van der Waals surface area contributed by atoms with E-state index in [1.165, 1.54) is 56.1 Å². The minimum Gasteiger partial charge on any atom is -0.336 e. The van der Waals surface area contributed by atoms with Gasteiger partial charge in [-0.05, 0) is 151 Å². The van der Waals surface area contributed by atoms with Crippen LogP contribution in [0.1, 0.15) is 77.0 Å². The first kappa shape index (κ1) is 34.9. The number of hydrogen-bond donors (Lipinski definition) is 0. The molecule has 60 heavy (non-hydrogen) atoms. The van der Waals surface area contributed by atoms with Crippen molar-refractivity contribution >= 4 is 28.5 Å². The molecule has 5 nitrogen and oxygen atoms in total. The van der Waals surface area contributed by atoms with Crippen LogP contribution in [0.5, 0.6) is 0 Å². The Balaban J connectivity index is 1.19. The van der Waals surface area contributed by atoms with Crippen LogP contribution in [0.25, 0.3) is 44.5 Å². The van der Waals surface area contributed by atoms with Crippen LogP contribution in [-0.2, 0) is 23.9 Å². The third kappa shape index (κ3) is 4.89. The van der Waals surface area contributed by atoms with E-state index < -0.39 is 0 Å². The largest absolute Gasteiger partial charge is 0.336 e. The van der Waals surface area contributed by atoms with Crippen LogP contribution in [0.4, 0.5) is 22.7 Å². The smallest absolute Gasteiger partial charge is 0.194 e. The summed E-state index contributed by atoms with van der Waals surface area (Å²) in [5.74, 6) is 0.0572. The molecule has 0 spiro atoms. The Labute approximate surface area is 350 Å². The minimum atomic E-state index is -0.220. The second kappa shape index (κ2) is 12.5. The van der Waals surface area contributed by atoms with Crippen LogP contribution in [0.2, 0.25) is 0 Å². The fourth-order valence-corrected chi connectivity index (χ4v) is 10.7. The van der Waals surface area contributed by atoms with Crippen LogP contribution < -0.4 is 9.80 Å². The fraction of sp³-hybridized carbons (Fsp3) is 0.145. The first-order valence-corrected chi connectivity index (χ1v) is 20.9. The lowest BCUT2D eigenvalue weighted by Gasteiger charge is -2.43. The Bertz CT molecular complexity index is 2920. The summed E-state index contributed by atoms with van der Waals surface area (Å²) in [6, 6.07) is 49.1. The standard InChI is InChI=1S/C55H42N4O/c1-54(2)45-9-5-7-11-49(45)58-31-37-25-41-42-26-38(40(34-19-23-57-24-20-34)30-44(42)53(60)43(41)29-39(37)33-17-21-56-22-18-33)32-59-50-12-8-6-10-46(50)55(3,4)48-16-14-36(28-52(48)59)35-13-15-47(54)51(58)27-35/h5-30H,31-32H2,1-4H3. The van der Waals surface area contributed by atoms with Gasteiger partial charge in [-0.1, -0.05) is 88.4 Å². The van der Waals surface area contributed by atoms with Gasteiger partial charge in [0.15, 0.2) is 5.78 Å². The Morgan fingerprint density at radius 2 is 0.800 bits per heavy atom. The Hall–Kier alpha value is -7.11. The number of carbonyl (C=O) groups excluding carboxylic acids is 1. The topological polar surface area (TPSA) is 49.3 Å². The molecule has 2 aromatic heterocycles. The van der Waals surface area contributed by atoms with Gasteiger partial charge in [0, 0.05) is 82.6 Å². The summed E-state index contributed by atoms with van der Waals surface area (Å²) >= 11 is 0. The summed E-state index contributed by atoms with van der Waals surface area (Å²) in [7, 11) is 0. The highest BCUT2D eigenvalue weighted by Crippen LogP contribution is 2.54. The molecule has 8 bridgehead atoms. The summed E-state index contributed by atoms with van der Waals surface area (Å²) < 4.78 is 0. The van der Waals surface area contributed by atoms with E-state index in [1.54, 1.807) is 0 Å². The highest BCUT2D eigenvalue weighted by Gasteiger charge is 2.40. The number of pyridine rings is 2. The van der Waals surface area contributed by atoms with Crippen LogP contribution in [0, 0.1) is 0 Å².